The van der Waals surface area contributed by atoms with Crippen molar-refractivity contribution in [2.75, 3.05) is 5.32 Å². The highest BCUT2D eigenvalue weighted by Crippen LogP contribution is 2.30. The van der Waals surface area contributed by atoms with Gasteiger partial charge in [0.1, 0.15) is 17.2 Å². The molecule has 3 rings (SSSR count). The molecule has 4 nitrogen and oxygen atoms in total. The average Bonchev–Trinajstić information content (AvgIpc) is 2.85. The van der Waals surface area contributed by atoms with Crippen LogP contribution in [0.25, 0.3) is 16.9 Å². The molecule has 0 saturated heterocycles. The minimum Gasteiger partial charge on any atom is -0.310 e. The number of rotatable bonds is 3. The monoisotopic (exact) mass is 327 g/mol. The van der Waals surface area contributed by atoms with Crippen molar-refractivity contribution in [1.29, 1.82) is 0 Å². The summed E-state index contributed by atoms with van der Waals surface area (Å²) in [5.74, 6) is 0.513. The van der Waals surface area contributed by atoms with Gasteiger partial charge in [-0.25, -0.2) is 4.98 Å². The Morgan fingerprint density at radius 3 is 2.74 bits per heavy atom. The Hall–Kier alpha value is -2.33. The van der Waals surface area contributed by atoms with Crippen LogP contribution in [0, 0.1) is 12.8 Å². The van der Waals surface area contributed by atoms with Gasteiger partial charge in [-0.15, -0.1) is 0 Å². The van der Waals surface area contributed by atoms with Crippen LogP contribution in [0.3, 0.4) is 0 Å². The summed E-state index contributed by atoms with van der Waals surface area (Å²) in [4.78, 5) is 16.9. The second-order valence-corrected chi connectivity index (χ2v) is 6.33. The van der Waals surface area contributed by atoms with Crippen molar-refractivity contribution in [2.24, 2.45) is 5.92 Å². The van der Waals surface area contributed by atoms with Gasteiger partial charge in [-0.3, -0.25) is 9.20 Å². The fourth-order valence-electron chi connectivity index (χ4n) is 2.37. The summed E-state index contributed by atoms with van der Waals surface area (Å²) in [7, 11) is 0. The lowest BCUT2D eigenvalue weighted by atomic mass is 10.1. The van der Waals surface area contributed by atoms with Gasteiger partial charge >= 0.3 is 0 Å². The summed E-state index contributed by atoms with van der Waals surface area (Å²) in [5.41, 5.74) is 3.46. The number of hydrogen-bond acceptors (Lipinski definition) is 2. The molecule has 5 heteroatoms. The SMILES string of the molecule is Cc1ccc2nc(-c3cccc(Cl)c3)c(NC(=O)C(C)C)n2c1. The Bertz CT molecular complexity index is 883. The van der Waals surface area contributed by atoms with E-state index >= 15 is 0 Å². The average molecular weight is 328 g/mol. The molecule has 118 valence electrons. The number of imidazole rings is 1. The van der Waals surface area contributed by atoms with E-state index in [1.807, 2.05) is 67.8 Å². The minimum absolute atomic E-state index is 0.0448. The number of halogens is 1. The first-order chi connectivity index (χ1) is 11.0. The molecule has 0 aliphatic rings. The number of aromatic nitrogens is 2. The van der Waals surface area contributed by atoms with Crippen molar-refractivity contribution in [3.63, 3.8) is 0 Å². The summed E-state index contributed by atoms with van der Waals surface area (Å²) in [6.07, 6.45) is 1.96. The zero-order chi connectivity index (χ0) is 16.6. The van der Waals surface area contributed by atoms with Crippen LogP contribution >= 0.6 is 11.6 Å². The number of fused-ring (bicyclic) bond motifs is 1. The molecular formula is C18H18ClN3O. The van der Waals surface area contributed by atoms with Crippen LogP contribution in [0.4, 0.5) is 5.82 Å². The second-order valence-electron chi connectivity index (χ2n) is 5.90. The van der Waals surface area contributed by atoms with Gasteiger partial charge in [-0.1, -0.05) is 43.6 Å². The maximum Gasteiger partial charge on any atom is 0.228 e. The predicted octanol–water partition coefficient (Wildman–Crippen LogP) is 4.56. The first-order valence-electron chi connectivity index (χ1n) is 7.51. The maximum atomic E-state index is 12.2. The summed E-state index contributed by atoms with van der Waals surface area (Å²) in [6, 6.07) is 11.4. The summed E-state index contributed by atoms with van der Waals surface area (Å²) >= 11 is 6.11. The third-order valence-electron chi connectivity index (χ3n) is 3.63. The van der Waals surface area contributed by atoms with Crippen LogP contribution in [0.5, 0.6) is 0 Å². The fraction of sp³-hybridized carbons (Fsp3) is 0.222. The molecule has 0 spiro atoms. The van der Waals surface area contributed by atoms with Gasteiger partial charge in [0.2, 0.25) is 5.91 Å². The van der Waals surface area contributed by atoms with Crippen molar-refractivity contribution in [3.05, 3.63) is 53.2 Å². The Kier molecular flexibility index (Phi) is 4.09. The molecule has 0 saturated carbocycles. The zero-order valence-corrected chi connectivity index (χ0v) is 14.1. The molecule has 0 bridgehead atoms. The van der Waals surface area contributed by atoms with E-state index in [1.165, 1.54) is 0 Å². The lowest BCUT2D eigenvalue weighted by molar-refractivity contribution is -0.118. The first-order valence-corrected chi connectivity index (χ1v) is 7.89. The normalized spacial score (nSPS) is 11.2. The van der Waals surface area contributed by atoms with Crippen molar-refractivity contribution < 1.29 is 4.79 Å². The lowest BCUT2D eigenvalue weighted by Crippen LogP contribution is -2.19. The van der Waals surface area contributed by atoms with Gasteiger partial charge in [-0.05, 0) is 30.7 Å². The third-order valence-corrected chi connectivity index (χ3v) is 3.87. The van der Waals surface area contributed by atoms with E-state index < -0.39 is 0 Å². The van der Waals surface area contributed by atoms with Gasteiger partial charge < -0.3 is 5.32 Å². The molecule has 1 N–H and O–H groups in total. The van der Waals surface area contributed by atoms with E-state index in [2.05, 4.69) is 10.3 Å². The number of nitrogens with zero attached hydrogens (tertiary/aromatic N) is 2. The summed E-state index contributed by atoms with van der Waals surface area (Å²) in [6.45, 7) is 5.73. The minimum atomic E-state index is -0.113. The molecule has 1 amide bonds. The molecule has 0 atom stereocenters. The molecule has 2 aromatic heterocycles. The van der Waals surface area contributed by atoms with Crippen molar-refractivity contribution in [3.8, 4) is 11.3 Å². The molecule has 3 aromatic rings. The molecule has 0 fully saturated rings. The summed E-state index contributed by atoms with van der Waals surface area (Å²) < 4.78 is 1.91. The van der Waals surface area contributed by atoms with Crippen LogP contribution in [0.15, 0.2) is 42.6 Å². The van der Waals surface area contributed by atoms with Crippen LogP contribution in [-0.4, -0.2) is 15.3 Å². The van der Waals surface area contributed by atoms with Crippen LogP contribution in [-0.2, 0) is 4.79 Å². The first kappa shape index (κ1) is 15.6. The van der Waals surface area contributed by atoms with Gasteiger partial charge in [-0.2, -0.15) is 0 Å². The van der Waals surface area contributed by atoms with Gasteiger partial charge in [0, 0.05) is 22.7 Å². The Morgan fingerprint density at radius 1 is 1.26 bits per heavy atom. The molecule has 0 aliphatic heterocycles. The van der Waals surface area contributed by atoms with E-state index in [-0.39, 0.29) is 11.8 Å². The number of hydrogen-bond donors (Lipinski definition) is 1. The molecule has 0 aliphatic carbocycles. The lowest BCUT2D eigenvalue weighted by Gasteiger charge is -2.10. The van der Waals surface area contributed by atoms with E-state index in [9.17, 15) is 4.79 Å². The van der Waals surface area contributed by atoms with Gasteiger partial charge in [0.25, 0.3) is 0 Å². The molecule has 1 aromatic carbocycles. The number of pyridine rings is 1. The van der Waals surface area contributed by atoms with Crippen molar-refractivity contribution in [2.45, 2.75) is 20.8 Å². The number of carbonyl (C=O) groups is 1. The van der Waals surface area contributed by atoms with Crippen LogP contribution in [0.2, 0.25) is 5.02 Å². The van der Waals surface area contributed by atoms with Gasteiger partial charge in [0.05, 0.1) is 0 Å². The van der Waals surface area contributed by atoms with E-state index in [1.54, 1.807) is 0 Å². The second kappa shape index (κ2) is 6.05. The number of amides is 1. The van der Waals surface area contributed by atoms with E-state index in [0.29, 0.717) is 16.5 Å². The number of anilines is 1. The zero-order valence-electron chi connectivity index (χ0n) is 13.3. The number of nitrogens with one attached hydrogen (secondary N) is 1. The number of carbonyl (C=O) groups excluding carboxylic acids is 1. The predicted molar refractivity (Wildman–Crippen MR) is 93.8 cm³/mol. The molecule has 23 heavy (non-hydrogen) atoms. The standard InChI is InChI=1S/C18H18ClN3O/c1-11(2)18(23)21-17-16(13-5-4-6-14(19)9-13)20-15-8-7-12(3)10-22(15)17/h4-11H,1-3H3,(H,21,23). The Labute approximate surface area is 140 Å². The quantitative estimate of drug-likeness (QED) is 0.766. The summed E-state index contributed by atoms with van der Waals surface area (Å²) in [5, 5.41) is 3.63. The Balaban J connectivity index is 2.21. The third kappa shape index (κ3) is 3.08. The van der Waals surface area contributed by atoms with Crippen molar-refractivity contribution >= 4 is 29.0 Å². The smallest absolute Gasteiger partial charge is 0.228 e. The molecule has 2 heterocycles. The van der Waals surface area contributed by atoms with Crippen LogP contribution < -0.4 is 5.32 Å². The highest BCUT2D eigenvalue weighted by atomic mass is 35.5. The van der Waals surface area contributed by atoms with Gasteiger partial charge in [0.15, 0.2) is 0 Å². The van der Waals surface area contributed by atoms with E-state index in [0.717, 1.165) is 16.8 Å². The number of aryl methyl sites for hydroxylation is 1. The highest BCUT2D eigenvalue weighted by Gasteiger charge is 2.18. The van der Waals surface area contributed by atoms with E-state index in [4.69, 9.17) is 11.6 Å². The highest BCUT2D eigenvalue weighted by molar-refractivity contribution is 6.30. The molecule has 0 unspecified atom stereocenters. The van der Waals surface area contributed by atoms with Crippen molar-refractivity contribution in [1.82, 2.24) is 9.38 Å². The molecular weight excluding hydrogens is 310 g/mol. The number of benzene rings is 1. The Morgan fingerprint density at radius 2 is 2.04 bits per heavy atom. The topological polar surface area (TPSA) is 46.4 Å². The fourth-order valence-corrected chi connectivity index (χ4v) is 2.56. The van der Waals surface area contributed by atoms with Crippen LogP contribution in [0.1, 0.15) is 19.4 Å². The maximum absolute atomic E-state index is 12.2. The largest absolute Gasteiger partial charge is 0.310 e. The molecule has 0 radical (unpaired) electrons.